The molecular weight excluding hydrogens is 231 g/mol. The first-order chi connectivity index (χ1) is 7.68. The van der Waals surface area contributed by atoms with E-state index in [0.717, 1.165) is 12.8 Å². The van der Waals surface area contributed by atoms with Crippen LogP contribution in [0.3, 0.4) is 0 Å². The van der Waals surface area contributed by atoms with Crippen molar-refractivity contribution in [3.05, 3.63) is 34.6 Å². The summed E-state index contributed by atoms with van der Waals surface area (Å²) in [6.07, 6.45) is 0.725. The lowest BCUT2D eigenvalue weighted by Gasteiger charge is -2.27. The fourth-order valence-corrected chi connectivity index (χ4v) is 2.21. The normalized spacial score (nSPS) is 19.7. The predicted molar refractivity (Wildman–Crippen MR) is 59.9 cm³/mol. The molecule has 2 rings (SSSR count). The monoisotopic (exact) mass is 244 g/mol. The number of hydrogen-bond donors (Lipinski definition) is 1. The second kappa shape index (κ2) is 5.13. The average Bonchev–Trinajstić information content (AvgIpc) is 2.32. The first kappa shape index (κ1) is 11.8. The lowest BCUT2D eigenvalue weighted by molar-refractivity contribution is 0.00590. The Hall–Kier alpha value is -0.640. The lowest BCUT2D eigenvalue weighted by atomic mass is 9.89. The standard InChI is InChI=1S/C12H14ClFO2/c13-9-1-2-11(14)10(7-9)12(15)8-3-5-16-6-4-8/h1-2,7-8,12,15H,3-6H2. The summed E-state index contributed by atoms with van der Waals surface area (Å²) in [5.74, 6) is -0.342. The highest BCUT2D eigenvalue weighted by Crippen LogP contribution is 2.32. The highest BCUT2D eigenvalue weighted by molar-refractivity contribution is 6.30. The van der Waals surface area contributed by atoms with Crippen LogP contribution in [0.15, 0.2) is 18.2 Å². The molecule has 0 radical (unpaired) electrons. The van der Waals surface area contributed by atoms with Gasteiger partial charge in [0.25, 0.3) is 0 Å². The zero-order valence-corrected chi connectivity index (χ0v) is 9.58. The van der Waals surface area contributed by atoms with Gasteiger partial charge in [0.15, 0.2) is 0 Å². The lowest BCUT2D eigenvalue weighted by Crippen LogP contribution is -2.22. The minimum Gasteiger partial charge on any atom is -0.388 e. The van der Waals surface area contributed by atoms with Gasteiger partial charge in [0, 0.05) is 23.8 Å². The van der Waals surface area contributed by atoms with Gasteiger partial charge >= 0.3 is 0 Å². The summed E-state index contributed by atoms with van der Waals surface area (Å²) in [7, 11) is 0. The molecule has 0 aromatic heterocycles. The Labute approximate surface area is 99.0 Å². The zero-order chi connectivity index (χ0) is 11.5. The van der Waals surface area contributed by atoms with Crippen molar-refractivity contribution in [1.29, 1.82) is 0 Å². The molecule has 1 unspecified atom stereocenters. The molecule has 1 atom stereocenters. The van der Waals surface area contributed by atoms with Gasteiger partial charge in [-0.15, -0.1) is 0 Å². The van der Waals surface area contributed by atoms with Crippen molar-refractivity contribution in [3.63, 3.8) is 0 Å². The van der Waals surface area contributed by atoms with E-state index in [9.17, 15) is 9.50 Å². The van der Waals surface area contributed by atoms with E-state index in [1.54, 1.807) is 0 Å². The largest absolute Gasteiger partial charge is 0.388 e. The Morgan fingerprint density at radius 2 is 2.06 bits per heavy atom. The molecular formula is C12H14ClFO2. The van der Waals surface area contributed by atoms with Crippen molar-refractivity contribution in [1.82, 2.24) is 0 Å². The number of aliphatic hydroxyl groups excluding tert-OH is 1. The fraction of sp³-hybridized carbons (Fsp3) is 0.500. The predicted octanol–water partition coefficient (Wildman–Crippen LogP) is 2.94. The van der Waals surface area contributed by atoms with Gasteiger partial charge in [-0.1, -0.05) is 11.6 Å². The molecule has 1 aliphatic heterocycles. The molecule has 2 nitrogen and oxygen atoms in total. The summed E-state index contributed by atoms with van der Waals surface area (Å²) in [6.45, 7) is 1.26. The number of benzene rings is 1. The third kappa shape index (κ3) is 2.54. The second-order valence-electron chi connectivity index (χ2n) is 4.06. The summed E-state index contributed by atoms with van der Waals surface area (Å²) in [4.78, 5) is 0. The summed E-state index contributed by atoms with van der Waals surface area (Å²) in [5.41, 5.74) is 0.291. The molecule has 1 saturated heterocycles. The quantitative estimate of drug-likeness (QED) is 0.867. The molecule has 0 saturated carbocycles. The summed E-state index contributed by atoms with van der Waals surface area (Å²) >= 11 is 5.80. The van der Waals surface area contributed by atoms with Crippen LogP contribution < -0.4 is 0 Å². The Bertz CT molecular complexity index is 364. The van der Waals surface area contributed by atoms with E-state index in [1.165, 1.54) is 18.2 Å². The SMILES string of the molecule is OC(c1cc(Cl)ccc1F)C1CCOCC1. The Morgan fingerprint density at radius 3 is 2.75 bits per heavy atom. The molecule has 4 heteroatoms. The van der Waals surface area contributed by atoms with Crippen LogP contribution in [0, 0.1) is 11.7 Å². The van der Waals surface area contributed by atoms with Crippen molar-refractivity contribution < 1.29 is 14.2 Å². The number of aliphatic hydroxyl groups is 1. The minimum atomic E-state index is -0.789. The number of ether oxygens (including phenoxy) is 1. The molecule has 1 fully saturated rings. The minimum absolute atomic E-state index is 0.0571. The topological polar surface area (TPSA) is 29.5 Å². The number of rotatable bonds is 2. The van der Waals surface area contributed by atoms with E-state index in [1.807, 2.05) is 0 Å². The third-order valence-electron chi connectivity index (χ3n) is 2.99. The van der Waals surface area contributed by atoms with Gasteiger partial charge in [-0.2, -0.15) is 0 Å². The van der Waals surface area contributed by atoms with Crippen molar-refractivity contribution in [2.75, 3.05) is 13.2 Å². The average molecular weight is 245 g/mol. The summed E-state index contributed by atoms with van der Waals surface area (Å²) in [5, 5.41) is 10.5. The Balaban J connectivity index is 2.18. The first-order valence-electron chi connectivity index (χ1n) is 5.39. The maximum absolute atomic E-state index is 13.5. The van der Waals surface area contributed by atoms with Crippen molar-refractivity contribution in [3.8, 4) is 0 Å². The molecule has 88 valence electrons. The maximum atomic E-state index is 13.5. The zero-order valence-electron chi connectivity index (χ0n) is 8.83. The molecule has 1 aliphatic rings. The van der Waals surface area contributed by atoms with Gasteiger partial charge in [-0.05, 0) is 37.0 Å². The fourth-order valence-electron chi connectivity index (χ4n) is 2.03. The number of hydrogen-bond acceptors (Lipinski definition) is 2. The van der Waals surface area contributed by atoms with Crippen LogP contribution in [0.4, 0.5) is 4.39 Å². The molecule has 0 amide bonds. The van der Waals surface area contributed by atoms with Crippen molar-refractivity contribution >= 4 is 11.6 Å². The molecule has 1 heterocycles. The van der Waals surface area contributed by atoms with Crippen LogP contribution in [-0.4, -0.2) is 18.3 Å². The smallest absolute Gasteiger partial charge is 0.129 e. The number of halogens is 2. The molecule has 0 aliphatic carbocycles. The van der Waals surface area contributed by atoms with Gasteiger partial charge in [-0.3, -0.25) is 0 Å². The van der Waals surface area contributed by atoms with Gasteiger partial charge in [0.05, 0.1) is 6.10 Å². The molecule has 1 aromatic carbocycles. The van der Waals surface area contributed by atoms with Crippen LogP contribution in [0.5, 0.6) is 0 Å². The molecule has 1 aromatic rings. The van der Waals surface area contributed by atoms with Crippen LogP contribution in [-0.2, 0) is 4.74 Å². The van der Waals surface area contributed by atoms with E-state index in [2.05, 4.69) is 0 Å². The first-order valence-corrected chi connectivity index (χ1v) is 5.77. The van der Waals surface area contributed by atoms with Gasteiger partial charge in [-0.25, -0.2) is 4.39 Å². The third-order valence-corrected chi connectivity index (χ3v) is 3.22. The van der Waals surface area contributed by atoms with Crippen LogP contribution in [0.25, 0.3) is 0 Å². The van der Waals surface area contributed by atoms with E-state index in [0.29, 0.717) is 23.8 Å². The van der Waals surface area contributed by atoms with Gasteiger partial charge in [0.2, 0.25) is 0 Å². The van der Waals surface area contributed by atoms with Crippen LogP contribution >= 0.6 is 11.6 Å². The highest BCUT2D eigenvalue weighted by atomic mass is 35.5. The van der Waals surface area contributed by atoms with E-state index in [4.69, 9.17) is 16.3 Å². The van der Waals surface area contributed by atoms with Gasteiger partial charge in [0.1, 0.15) is 5.82 Å². The summed E-state index contributed by atoms with van der Waals surface area (Å²) < 4.78 is 18.7. The van der Waals surface area contributed by atoms with E-state index in [-0.39, 0.29) is 5.92 Å². The van der Waals surface area contributed by atoms with Gasteiger partial charge < -0.3 is 9.84 Å². The van der Waals surface area contributed by atoms with Crippen molar-refractivity contribution in [2.24, 2.45) is 5.92 Å². The summed E-state index contributed by atoms with van der Waals surface area (Å²) in [6, 6.07) is 4.27. The van der Waals surface area contributed by atoms with Crippen LogP contribution in [0.2, 0.25) is 5.02 Å². The Kier molecular flexibility index (Phi) is 3.79. The molecule has 0 spiro atoms. The van der Waals surface area contributed by atoms with E-state index >= 15 is 0 Å². The van der Waals surface area contributed by atoms with Crippen LogP contribution in [0.1, 0.15) is 24.5 Å². The highest BCUT2D eigenvalue weighted by Gasteiger charge is 2.25. The van der Waals surface area contributed by atoms with E-state index < -0.39 is 11.9 Å². The second-order valence-corrected chi connectivity index (χ2v) is 4.50. The molecule has 16 heavy (non-hydrogen) atoms. The molecule has 0 bridgehead atoms. The molecule has 1 N–H and O–H groups in total. The Morgan fingerprint density at radius 1 is 1.38 bits per heavy atom. The maximum Gasteiger partial charge on any atom is 0.129 e. The van der Waals surface area contributed by atoms with Crippen molar-refractivity contribution in [2.45, 2.75) is 18.9 Å².